The van der Waals surface area contributed by atoms with Gasteiger partial charge in [0.15, 0.2) is 0 Å². The highest BCUT2D eigenvalue weighted by Crippen LogP contribution is 2.24. The van der Waals surface area contributed by atoms with E-state index in [1.807, 2.05) is 0 Å². The molecule has 0 aromatic heterocycles. The fourth-order valence-electron chi connectivity index (χ4n) is 0.705. The fraction of sp³-hybridized carbons (Fsp3) is 1.00. The Kier molecular flexibility index (Phi) is 1.84. The van der Waals surface area contributed by atoms with Crippen molar-refractivity contribution >= 4 is 0 Å². The van der Waals surface area contributed by atoms with Crippen LogP contribution >= 0.6 is 0 Å². The van der Waals surface area contributed by atoms with Gasteiger partial charge in [0.2, 0.25) is 0 Å². The van der Waals surface area contributed by atoms with E-state index >= 15 is 0 Å². The Morgan fingerprint density at radius 3 is 2.75 bits per heavy atom. The lowest BCUT2D eigenvalue weighted by Gasteiger charge is -1.95. The molecule has 0 radical (unpaired) electrons. The topological polar surface area (TPSA) is 12.0 Å². The molecule has 1 aliphatic rings. The van der Waals surface area contributed by atoms with Gasteiger partial charge in [-0.1, -0.05) is 6.92 Å². The smallest absolute Gasteiger partial charge is 0.117 e. The Balaban J connectivity index is 1.89. The van der Waals surface area contributed by atoms with Crippen LogP contribution in [0.4, 0.5) is 4.39 Å². The van der Waals surface area contributed by atoms with Crippen molar-refractivity contribution in [1.29, 1.82) is 0 Å². The Morgan fingerprint density at radius 1 is 1.75 bits per heavy atom. The lowest BCUT2D eigenvalue weighted by atomic mass is 10.5. The van der Waals surface area contributed by atoms with Crippen molar-refractivity contribution in [1.82, 2.24) is 5.32 Å². The summed E-state index contributed by atoms with van der Waals surface area (Å²) in [5.74, 6) is 0. The molecule has 48 valence electrons. The van der Waals surface area contributed by atoms with Crippen LogP contribution in [0, 0.1) is 0 Å². The predicted octanol–water partition coefficient (Wildman–Crippen LogP) is 1.10. The summed E-state index contributed by atoms with van der Waals surface area (Å²) in [6.07, 6.45) is 1.30. The molecule has 8 heavy (non-hydrogen) atoms. The van der Waals surface area contributed by atoms with Gasteiger partial charge in [-0.15, -0.1) is 0 Å². The zero-order valence-corrected chi connectivity index (χ0v) is 5.15. The second-order valence-corrected chi connectivity index (χ2v) is 2.31. The van der Waals surface area contributed by atoms with E-state index in [9.17, 15) is 4.39 Å². The van der Waals surface area contributed by atoms with Crippen molar-refractivity contribution < 1.29 is 4.39 Å². The van der Waals surface area contributed by atoms with Gasteiger partial charge in [-0.2, -0.15) is 0 Å². The summed E-state index contributed by atoms with van der Waals surface area (Å²) in [5.41, 5.74) is 0. The summed E-state index contributed by atoms with van der Waals surface area (Å²) in [6.45, 7) is 3.05. The van der Waals surface area contributed by atoms with Crippen LogP contribution in [0.3, 0.4) is 0 Å². The molecule has 0 aromatic carbocycles. The van der Waals surface area contributed by atoms with Gasteiger partial charge < -0.3 is 5.32 Å². The highest BCUT2D eigenvalue weighted by atomic mass is 19.1. The lowest BCUT2D eigenvalue weighted by Crippen LogP contribution is -2.18. The van der Waals surface area contributed by atoms with Crippen molar-refractivity contribution in [2.24, 2.45) is 0 Å². The van der Waals surface area contributed by atoms with Crippen LogP contribution in [0.25, 0.3) is 0 Å². The number of hydrogen-bond donors (Lipinski definition) is 1. The highest BCUT2D eigenvalue weighted by molar-refractivity contribution is 4.93. The van der Waals surface area contributed by atoms with E-state index in [4.69, 9.17) is 0 Å². The summed E-state index contributed by atoms with van der Waals surface area (Å²) >= 11 is 0. The maximum absolute atomic E-state index is 12.0. The average Bonchev–Trinajstić information content (AvgIpc) is 2.42. The molecule has 1 rings (SSSR count). The van der Waals surface area contributed by atoms with Gasteiger partial charge in [-0.05, 0) is 19.4 Å². The van der Waals surface area contributed by atoms with Crippen molar-refractivity contribution in [3.8, 4) is 0 Å². The first-order chi connectivity index (χ1) is 3.84. The van der Waals surface area contributed by atoms with Gasteiger partial charge in [0, 0.05) is 6.04 Å². The van der Waals surface area contributed by atoms with E-state index in [0.29, 0.717) is 0 Å². The van der Waals surface area contributed by atoms with Gasteiger partial charge in [0.1, 0.15) is 6.17 Å². The highest BCUT2D eigenvalue weighted by Gasteiger charge is 2.36. The van der Waals surface area contributed by atoms with E-state index in [-0.39, 0.29) is 6.04 Å². The molecule has 1 saturated carbocycles. The molecule has 0 spiro atoms. The normalized spacial score (nSPS) is 35.2. The third kappa shape index (κ3) is 1.44. The average molecular weight is 117 g/mol. The van der Waals surface area contributed by atoms with Gasteiger partial charge >= 0.3 is 0 Å². The summed E-state index contributed by atoms with van der Waals surface area (Å²) in [5, 5.41) is 3.08. The molecule has 0 saturated heterocycles. The van der Waals surface area contributed by atoms with Crippen LogP contribution in [-0.2, 0) is 0 Å². The maximum Gasteiger partial charge on any atom is 0.117 e. The molecule has 1 nitrogen and oxygen atoms in total. The van der Waals surface area contributed by atoms with Crippen LogP contribution in [-0.4, -0.2) is 18.8 Å². The van der Waals surface area contributed by atoms with Crippen molar-refractivity contribution in [2.45, 2.75) is 32.0 Å². The first kappa shape index (κ1) is 6.02. The van der Waals surface area contributed by atoms with E-state index in [0.717, 1.165) is 19.4 Å². The number of nitrogens with one attached hydrogen (secondary N) is 1. The zero-order chi connectivity index (χ0) is 5.98. The van der Waals surface area contributed by atoms with E-state index in [2.05, 4.69) is 12.2 Å². The van der Waals surface area contributed by atoms with Crippen molar-refractivity contribution in [3.63, 3.8) is 0 Å². The maximum atomic E-state index is 12.0. The Hall–Kier alpha value is -0.110. The number of hydrogen-bond acceptors (Lipinski definition) is 1. The standard InChI is InChI=1S/C6H12FN/c1-2-3-8-6-4-5(6)7/h5-6,8H,2-4H2,1H3. The first-order valence-corrected chi connectivity index (χ1v) is 3.22. The SMILES string of the molecule is CCCNC1CC1F. The van der Waals surface area contributed by atoms with E-state index in [1.54, 1.807) is 0 Å². The third-order valence-corrected chi connectivity index (χ3v) is 1.37. The summed E-state index contributed by atoms with van der Waals surface area (Å²) in [6, 6.07) is 0.204. The first-order valence-electron chi connectivity index (χ1n) is 3.22. The van der Waals surface area contributed by atoms with Gasteiger partial charge in [0.25, 0.3) is 0 Å². The quantitative estimate of drug-likeness (QED) is 0.583. The predicted molar refractivity (Wildman–Crippen MR) is 31.6 cm³/mol. The second-order valence-electron chi connectivity index (χ2n) is 2.31. The Bertz CT molecular complexity index is 74.9. The van der Waals surface area contributed by atoms with Crippen LogP contribution in [0.5, 0.6) is 0 Å². The molecule has 0 bridgehead atoms. The zero-order valence-electron chi connectivity index (χ0n) is 5.15. The minimum Gasteiger partial charge on any atom is -0.311 e. The minimum absolute atomic E-state index is 0.204. The molecular weight excluding hydrogens is 105 g/mol. The van der Waals surface area contributed by atoms with Crippen molar-refractivity contribution in [3.05, 3.63) is 0 Å². The van der Waals surface area contributed by atoms with Crippen LogP contribution < -0.4 is 5.32 Å². The Labute approximate surface area is 49.3 Å². The van der Waals surface area contributed by atoms with Crippen molar-refractivity contribution in [2.75, 3.05) is 6.54 Å². The van der Waals surface area contributed by atoms with E-state index in [1.165, 1.54) is 0 Å². The molecule has 2 atom stereocenters. The molecule has 2 heteroatoms. The Morgan fingerprint density at radius 2 is 2.38 bits per heavy atom. The molecule has 0 amide bonds. The largest absolute Gasteiger partial charge is 0.311 e. The monoisotopic (exact) mass is 117 g/mol. The number of rotatable bonds is 3. The fourth-order valence-corrected chi connectivity index (χ4v) is 0.705. The lowest BCUT2D eigenvalue weighted by molar-refractivity contribution is 0.446. The molecule has 1 N–H and O–H groups in total. The van der Waals surface area contributed by atoms with E-state index < -0.39 is 6.17 Å². The van der Waals surface area contributed by atoms with Gasteiger partial charge in [0.05, 0.1) is 0 Å². The van der Waals surface area contributed by atoms with Crippen LogP contribution in [0.15, 0.2) is 0 Å². The molecule has 0 aromatic rings. The molecule has 1 aliphatic carbocycles. The molecule has 0 aliphatic heterocycles. The summed E-state index contributed by atoms with van der Waals surface area (Å²) < 4.78 is 12.0. The second kappa shape index (κ2) is 2.44. The summed E-state index contributed by atoms with van der Waals surface area (Å²) in [7, 11) is 0. The van der Waals surface area contributed by atoms with Crippen LogP contribution in [0.1, 0.15) is 19.8 Å². The summed E-state index contributed by atoms with van der Waals surface area (Å²) in [4.78, 5) is 0. The third-order valence-electron chi connectivity index (χ3n) is 1.37. The minimum atomic E-state index is -0.540. The van der Waals surface area contributed by atoms with Crippen LogP contribution in [0.2, 0.25) is 0 Å². The van der Waals surface area contributed by atoms with Gasteiger partial charge in [-0.3, -0.25) is 0 Å². The molecule has 1 fully saturated rings. The molecule has 0 heterocycles. The molecular formula is C6H12FN. The number of halogens is 1. The van der Waals surface area contributed by atoms with Gasteiger partial charge in [-0.25, -0.2) is 4.39 Å². The number of alkyl halides is 1. The molecule has 2 unspecified atom stereocenters.